The smallest absolute Gasteiger partial charge is 0.290 e. The van der Waals surface area contributed by atoms with Gasteiger partial charge < -0.3 is 0 Å². The fraction of sp³-hybridized carbons (Fsp3) is 0.421. The molecule has 0 aromatic carbocycles. The van der Waals surface area contributed by atoms with Crippen LogP contribution in [0.15, 0.2) is 34.7 Å². The van der Waals surface area contributed by atoms with E-state index >= 15 is 0 Å². The molecule has 5 nitrogen and oxygen atoms in total. The van der Waals surface area contributed by atoms with Crippen LogP contribution in [-0.2, 0) is 13.6 Å². The summed E-state index contributed by atoms with van der Waals surface area (Å²) in [6.07, 6.45) is 5.65. The Morgan fingerprint density at radius 2 is 2.08 bits per heavy atom. The zero-order chi connectivity index (χ0) is 17.5. The molecule has 0 saturated heterocycles. The van der Waals surface area contributed by atoms with E-state index in [4.69, 9.17) is 4.98 Å². The average molecular weight is 322 g/mol. The highest BCUT2D eigenvalue weighted by atomic mass is 16.1. The summed E-state index contributed by atoms with van der Waals surface area (Å²) in [4.78, 5) is 17.3. The Hall–Kier alpha value is -2.61. The van der Waals surface area contributed by atoms with Crippen molar-refractivity contribution in [1.29, 1.82) is 5.26 Å². The van der Waals surface area contributed by atoms with E-state index in [0.717, 1.165) is 35.2 Å². The Bertz CT molecular complexity index is 958. The lowest BCUT2D eigenvalue weighted by Crippen LogP contribution is -2.27. The Morgan fingerprint density at radius 3 is 2.75 bits per heavy atom. The van der Waals surface area contributed by atoms with E-state index < -0.39 is 0 Å². The summed E-state index contributed by atoms with van der Waals surface area (Å²) in [5.74, 6) is 0. The number of aryl methyl sites for hydroxylation is 1. The molecule has 1 aliphatic rings. The largest absolute Gasteiger partial charge is 0.330 e. The van der Waals surface area contributed by atoms with E-state index in [0.29, 0.717) is 12.2 Å². The number of rotatable bonds is 2. The molecule has 3 rings (SSSR count). The van der Waals surface area contributed by atoms with Gasteiger partial charge in [0, 0.05) is 24.7 Å². The van der Waals surface area contributed by atoms with Gasteiger partial charge in [-0.3, -0.25) is 9.13 Å². The average Bonchev–Trinajstić information content (AvgIpc) is 2.78. The van der Waals surface area contributed by atoms with Crippen LogP contribution in [0.3, 0.4) is 0 Å². The predicted octanol–water partition coefficient (Wildman–Crippen LogP) is 3.41. The summed E-state index contributed by atoms with van der Waals surface area (Å²) in [6, 6.07) is 6.12. The van der Waals surface area contributed by atoms with Gasteiger partial charge in [0.2, 0.25) is 0 Å². The minimum absolute atomic E-state index is 0.000601. The number of pyridine rings is 1. The molecule has 0 amide bonds. The number of nitrogens with zero attached hydrogens (tertiary/aromatic N) is 4. The molecule has 24 heavy (non-hydrogen) atoms. The summed E-state index contributed by atoms with van der Waals surface area (Å²) in [5.41, 5.74) is 3.80. The standard InChI is InChI=1S/C19H22N4O/c1-19(2,3)12-23-16-10-9-15(21-17(16)22(4)18(23)24)14-8-6-5-7-13(14)11-20/h6,8-10H,5,7,12H2,1-4H3. The normalized spacial score (nSPS) is 15.1. The highest BCUT2D eigenvalue weighted by molar-refractivity contribution is 5.82. The van der Waals surface area contributed by atoms with Gasteiger partial charge in [0.25, 0.3) is 0 Å². The minimum Gasteiger partial charge on any atom is -0.290 e. The number of fused-ring (bicyclic) bond motifs is 1. The quantitative estimate of drug-likeness (QED) is 0.851. The molecular weight excluding hydrogens is 300 g/mol. The first-order valence-electron chi connectivity index (χ1n) is 8.18. The van der Waals surface area contributed by atoms with Gasteiger partial charge in [-0.1, -0.05) is 32.9 Å². The highest BCUT2D eigenvalue weighted by Gasteiger charge is 2.19. The van der Waals surface area contributed by atoms with E-state index in [1.54, 1.807) is 16.2 Å². The fourth-order valence-corrected chi connectivity index (χ4v) is 3.07. The third-order valence-corrected chi connectivity index (χ3v) is 4.19. The van der Waals surface area contributed by atoms with Crippen molar-refractivity contribution in [1.82, 2.24) is 14.1 Å². The van der Waals surface area contributed by atoms with Gasteiger partial charge in [0.05, 0.1) is 17.3 Å². The lowest BCUT2D eigenvalue weighted by atomic mass is 9.96. The summed E-state index contributed by atoms with van der Waals surface area (Å²) in [6.45, 7) is 6.96. The van der Waals surface area contributed by atoms with Gasteiger partial charge in [-0.2, -0.15) is 5.26 Å². The summed E-state index contributed by atoms with van der Waals surface area (Å²) < 4.78 is 3.37. The van der Waals surface area contributed by atoms with E-state index in [1.807, 2.05) is 18.2 Å². The number of aromatic nitrogens is 3. The molecule has 0 N–H and O–H groups in total. The third kappa shape index (κ3) is 2.80. The van der Waals surface area contributed by atoms with Crippen molar-refractivity contribution in [2.24, 2.45) is 12.5 Å². The number of nitriles is 1. The molecule has 0 saturated carbocycles. The zero-order valence-corrected chi connectivity index (χ0v) is 14.6. The third-order valence-electron chi connectivity index (χ3n) is 4.19. The van der Waals surface area contributed by atoms with Gasteiger partial charge in [-0.15, -0.1) is 0 Å². The zero-order valence-electron chi connectivity index (χ0n) is 14.6. The predicted molar refractivity (Wildman–Crippen MR) is 95.3 cm³/mol. The van der Waals surface area contributed by atoms with Gasteiger partial charge in [0.15, 0.2) is 5.65 Å². The second-order valence-electron chi connectivity index (χ2n) is 7.47. The van der Waals surface area contributed by atoms with Crippen molar-refractivity contribution in [3.63, 3.8) is 0 Å². The topological polar surface area (TPSA) is 63.6 Å². The lowest BCUT2D eigenvalue weighted by Gasteiger charge is -2.18. The number of imidazole rings is 1. The molecule has 0 spiro atoms. The molecule has 2 aromatic heterocycles. The molecular formula is C19H22N4O. The van der Waals surface area contributed by atoms with E-state index in [-0.39, 0.29) is 11.1 Å². The molecule has 0 bridgehead atoms. The number of hydrogen-bond acceptors (Lipinski definition) is 3. The van der Waals surface area contributed by atoms with Crippen LogP contribution in [0, 0.1) is 16.7 Å². The first-order chi connectivity index (χ1) is 11.3. The second-order valence-corrected chi connectivity index (χ2v) is 7.47. The molecule has 5 heteroatoms. The SMILES string of the molecule is Cn1c(=O)n(CC(C)(C)C)c2ccc(C3=C(C#N)CCC=C3)nc21. The van der Waals surface area contributed by atoms with E-state index in [9.17, 15) is 10.1 Å². The van der Waals surface area contributed by atoms with Crippen LogP contribution in [-0.4, -0.2) is 14.1 Å². The Kier molecular flexibility index (Phi) is 3.92. The molecule has 124 valence electrons. The second kappa shape index (κ2) is 5.79. The maximum absolute atomic E-state index is 12.6. The lowest BCUT2D eigenvalue weighted by molar-refractivity contribution is 0.342. The molecule has 0 radical (unpaired) electrons. The first-order valence-corrected chi connectivity index (χ1v) is 8.18. The first kappa shape index (κ1) is 16.3. The highest BCUT2D eigenvalue weighted by Crippen LogP contribution is 2.27. The summed E-state index contributed by atoms with van der Waals surface area (Å²) in [5, 5.41) is 9.34. The number of allylic oxidation sites excluding steroid dienone is 4. The fourth-order valence-electron chi connectivity index (χ4n) is 3.07. The van der Waals surface area contributed by atoms with E-state index in [2.05, 4.69) is 32.9 Å². The molecule has 2 heterocycles. The minimum atomic E-state index is -0.0572. The van der Waals surface area contributed by atoms with Gasteiger partial charge in [-0.25, -0.2) is 9.78 Å². The van der Waals surface area contributed by atoms with Crippen molar-refractivity contribution in [3.8, 4) is 6.07 Å². The van der Waals surface area contributed by atoms with Crippen molar-refractivity contribution in [3.05, 3.63) is 46.0 Å². The molecule has 2 aromatic rings. The molecule has 0 atom stereocenters. The van der Waals surface area contributed by atoms with Crippen molar-refractivity contribution >= 4 is 16.7 Å². The molecule has 0 fully saturated rings. The monoisotopic (exact) mass is 322 g/mol. The Morgan fingerprint density at radius 1 is 1.33 bits per heavy atom. The van der Waals surface area contributed by atoms with Gasteiger partial charge in [0.1, 0.15) is 0 Å². The van der Waals surface area contributed by atoms with Crippen molar-refractivity contribution < 1.29 is 0 Å². The van der Waals surface area contributed by atoms with E-state index in [1.165, 1.54) is 0 Å². The Balaban J connectivity index is 2.19. The molecule has 0 unspecified atom stereocenters. The number of hydrogen-bond donors (Lipinski definition) is 0. The van der Waals surface area contributed by atoms with Crippen molar-refractivity contribution in [2.45, 2.75) is 40.2 Å². The maximum Gasteiger partial charge on any atom is 0.330 e. The molecule has 0 aliphatic heterocycles. The van der Waals surface area contributed by atoms with Crippen molar-refractivity contribution in [2.75, 3.05) is 0 Å². The van der Waals surface area contributed by atoms with Crippen LogP contribution in [0.25, 0.3) is 16.7 Å². The van der Waals surface area contributed by atoms with Crippen LogP contribution in [0.4, 0.5) is 0 Å². The van der Waals surface area contributed by atoms with Gasteiger partial charge >= 0.3 is 5.69 Å². The molecule has 1 aliphatic carbocycles. The van der Waals surface area contributed by atoms with Crippen LogP contribution in [0.5, 0.6) is 0 Å². The summed E-state index contributed by atoms with van der Waals surface area (Å²) >= 11 is 0. The Labute approximate surface area is 141 Å². The van der Waals surface area contributed by atoms with Gasteiger partial charge in [-0.05, 0) is 30.4 Å². The maximum atomic E-state index is 12.6. The van der Waals surface area contributed by atoms with Crippen LogP contribution >= 0.6 is 0 Å². The summed E-state index contributed by atoms with van der Waals surface area (Å²) in [7, 11) is 1.75. The van der Waals surface area contributed by atoms with Crippen LogP contribution in [0.1, 0.15) is 39.3 Å². The van der Waals surface area contributed by atoms with Crippen LogP contribution < -0.4 is 5.69 Å². The van der Waals surface area contributed by atoms with Crippen LogP contribution in [0.2, 0.25) is 0 Å².